The van der Waals surface area contributed by atoms with Gasteiger partial charge in [-0.05, 0) is 0 Å². The maximum Gasteiger partial charge on any atom is 0.114 e. The molecule has 8 nitrogen and oxygen atoms in total. The first kappa shape index (κ1) is 23.9. The lowest BCUT2D eigenvalue weighted by Crippen LogP contribution is -2.54. The summed E-state index contributed by atoms with van der Waals surface area (Å²) in [6.07, 6.45) is -2.72. The molecule has 0 aliphatic heterocycles. The highest BCUT2D eigenvalue weighted by Gasteiger charge is 2.29. The average Bonchev–Trinajstić information content (AvgIpc) is 1.82. The quantitative estimate of drug-likeness (QED) is 0.497. The summed E-state index contributed by atoms with van der Waals surface area (Å²) in [7, 11) is 0. The van der Waals surface area contributed by atoms with Crippen LogP contribution in [-0.4, -0.2) is 28.6 Å². The molecule has 0 unspecified atom stereocenters. The molecule has 0 atom stereocenters. The Balaban J connectivity index is -0.000000240. The number of aliphatic carboxylic acids is 3. The van der Waals surface area contributed by atoms with E-state index in [0.717, 1.165) is 0 Å². The van der Waals surface area contributed by atoms with Crippen LogP contribution in [0.15, 0.2) is 0 Å². The second kappa shape index (κ2) is 8.62. The molecule has 0 rings (SSSR count). The van der Waals surface area contributed by atoms with Crippen molar-refractivity contribution in [2.45, 2.75) is 33.3 Å². The Morgan fingerprint density at radius 3 is 1.31 bits per heavy atom. The zero-order chi connectivity index (χ0) is 10.6. The van der Waals surface area contributed by atoms with Crippen LogP contribution < -0.4 is 21.5 Å². The van der Waals surface area contributed by atoms with Crippen LogP contribution in [0.25, 0.3) is 0 Å². The standard InChI is InChI=1S/C6H8O7.2CH4.H3N/c7-3(8)1-6(13,5(11)12)2-4(9)10;;;/h13H,1-2H2,(H,7,8)(H,9,10)(H,11,12);2*1H4;1H3/p-2. The van der Waals surface area contributed by atoms with Gasteiger partial charge < -0.3 is 41.0 Å². The summed E-state index contributed by atoms with van der Waals surface area (Å²) in [4.78, 5) is 30.0. The molecule has 0 heterocycles. The van der Waals surface area contributed by atoms with Gasteiger partial charge in [0.2, 0.25) is 0 Å². The molecule has 0 aromatic heterocycles. The highest BCUT2D eigenvalue weighted by Crippen LogP contribution is 2.13. The summed E-state index contributed by atoms with van der Waals surface area (Å²) in [6, 6.07) is 0. The van der Waals surface area contributed by atoms with Crippen molar-refractivity contribution in [2.75, 3.05) is 0 Å². The predicted molar refractivity (Wildman–Crippen MR) is 48.7 cm³/mol. The summed E-state index contributed by atoms with van der Waals surface area (Å²) in [5.74, 6) is -5.98. The minimum Gasteiger partial charge on any atom is -0.550 e. The van der Waals surface area contributed by atoms with Crippen molar-refractivity contribution in [3.8, 4) is 0 Å². The lowest BCUT2D eigenvalue weighted by molar-refractivity contribution is -0.339. The van der Waals surface area contributed by atoms with Gasteiger partial charge in [-0.1, -0.05) is 14.9 Å². The van der Waals surface area contributed by atoms with Crippen LogP contribution >= 0.6 is 0 Å². The smallest absolute Gasteiger partial charge is 0.114 e. The van der Waals surface area contributed by atoms with Gasteiger partial charge in [0.05, 0.1) is 5.97 Å². The van der Waals surface area contributed by atoms with Gasteiger partial charge in [0, 0.05) is 24.8 Å². The Labute approximate surface area is 93.1 Å². The van der Waals surface area contributed by atoms with Crippen LogP contribution in [-0.2, 0) is 14.4 Å². The Hall–Kier alpha value is -1.67. The van der Waals surface area contributed by atoms with Crippen molar-refractivity contribution in [1.29, 1.82) is 0 Å². The summed E-state index contributed by atoms with van der Waals surface area (Å²) in [5, 5.41) is 38.9. The number of hydrogen-bond acceptors (Lipinski definition) is 7. The molecule has 0 amide bonds. The number of carbonyl (C=O) groups is 3. The van der Waals surface area contributed by atoms with E-state index in [0.29, 0.717) is 0 Å². The molecule has 0 spiro atoms. The third kappa shape index (κ3) is 7.71. The minimum absolute atomic E-state index is 0. The normalized spacial score (nSPS) is 8.81. The Morgan fingerprint density at radius 2 is 1.19 bits per heavy atom. The number of carboxylic acid groups (broad SMARTS) is 3. The first-order valence-corrected chi connectivity index (χ1v) is 3.11. The Bertz CT molecular complexity index is 235. The van der Waals surface area contributed by atoms with Crippen LogP contribution in [0.4, 0.5) is 0 Å². The molecule has 16 heavy (non-hydrogen) atoms. The third-order valence-electron chi connectivity index (χ3n) is 1.25. The van der Waals surface area contributed by atoms with Crippen molar-refractivity contribution in [3.05, 3.63) is 0 Å². The number of carbonyl (C=O) groups excluding carboxylic acids is 3. The van der Waals surface area contributed by atoms with Crippen molar-refractivity contribution < 1.29 is 34.8 Å². The van der Waals surface area contributed by atoms with E-state index in [2.05, 4.69) is 0 Å². The van der Waals surface area contributed by atoms with Crippen molar-refractivity contribution >= 4 is 17.9 Å². The molecule has 8 heteroatoms. The van der Waals surface area contributed by atoms with Gasteiger partial charge >= 0.3 is 0 Å². The monoisotopic (exact) mass is 239 g/mol. The van der Waals surface area contributed by atoms with Gasteiger partial charge in [0.15, 0.2) is 0 Å². The van der Waals surface area contributed by atoms with Crippen LogP contribution in [0.3, 0.4) is 0 Å². The first-order valence-electron chi connectivity index (χ1n) is 3.11. The molecule has 0 aliphatic rings. The van der Waals surface area contributed by atoms with Crippen LogP contribution in [0, 0.1) is 0 Å². The van der Waals surface area contributed by atoms with E-state index in [9.17, 15) is 29.7 Å². The molecular formula is C8H17NO7-2. The van der Waals surface area contributed by atoms with Crippen LogP contribution in [0.2, 0.25) is 0 Å². The fraction of sp³-hybridized carbons (Fsp3) is 0.625. The second-order valence-corrected chi connectivity index (χ2v) is 2.42. The van der Waals surface area contributed by atoms with Crippen molar-refractivity contribution in [2.24, 2.45) is 0 Å². The van der Waals surface area contributed by atoms with E-state index in [4.69, 9.17) is 5.11 Å². The molecule has 5 N–H and O–H groups in total. The second-order valence-electron chi connectivity index (χ2n) is 2.42. The Kier molecular flexibility index (Phi) is 12.9. The SMILES string of the molecule is C.C.O=C([O-])CC(O)(CC(=O)[O-])C(=O)[O-].[NH4+]. The van der Waals surface area contributed by atoms with E-state index < -0.39 is 36.4 Å². The number of rotatable bonds is 5. The van der Waals surface area contributed by atoms with Crippen molar-refractivity contribution in [3.63, 3.8) is 0 Å². The van der Waals surface area contributed by atoms with Gasteiger partial charge in [-0.25, -0.2) is 0 Å². The van der Waals surface area contributed by atoms with Gasteiger partial charge in [0.25, 0.3) is 0 Å². The van der Waals surface area contributed by atoms with Crippen molar-refractivity contribution in [1.82, 2.24) is 6.15 Å². The summed E-state index contributed by atoms with van der Waals surface area (Å²) in [5.41, 5.74) is -2.97. The largest absolute Gasteiger partial charge is 0.550 e. The number of quaternary nitrogens is 1. The number of hydrogen-bond donors (Lipinski definition) is 2. The molecule has 0 saturated heterocycles. The molecule has 0 radical (unpaired) electrons. The fourth-order valence-electron chi connectivity index (χ4n) is 0.684. The topological polar surface area (TPSA) is 177 Å². The zero-order valence-electron chi connectivity index (χ0n) is 7.31. The van der Waals surface area contributed by atoms with E-state index in [1.54, 1.807) is 0 Å². The van der Waals surface area contributed by atoms with Gasteiger partial charge in [0.1, 0.15) is 5.60 Å². The lowest BCUT2D eigenvalue weighted by atomic mass is 9.96. The van der Waals surface area contributed by atoms with Gasteiger partial charge in [-0.2, -0.15) is 0 Å². The molecule has 98 valence electrons. The molecule has 0 aliphatic carbocycles. The predicted octanol–water partition coefficient (Wildman–Crippen LogP) is -3.60. The Morgan fingerprint density at radius 1 is 0.938 bits per heavy atom. The van der Waals surface area contributed by atoms with Gasteiger partial charge in [-0.3, -0.25) is 0 Å². The van der Waals surface area contributed by atoms with E-state index in [1.165, 1.54) is 0 Å². The van der Waals surface area contributed by atoms with Crippen LogP contribution in [0.5, 0.6) is 0 Å². The zero-order valence-corrected chi connectivity index (χ0v) is 7.31. The summed E-state index contributed by atoms with van der Waals surface area (Å²) >= 11 is 0. The van der Waals surface area contributed by atoms with Gasteiger partial charge in [-0.15, -0.1) is 0 Å². The highest BCUT2D eigenvalue weighted by molar-refractivity contribution is 5.86. The van der Waals surface area contributed by atoms with E-state index in [-0.39, 0.29) is 21.0 Å². The molecule has 0 saturated carbocycles. The minimum atomic E-state index is -2.97. The number of carboxylic acids is 3. The third-order valence-corrected chi connectivity index (χ3v) is 1.25. The fourth-order valence-corrected chi connectivity index (χ4v) is 0.684. The van der Waals surface area contributed by atoms with E-state index in [1.807, 2.05) is 0 Å². The molecular weight excluding hydrogens is 222 g/mol. The maximum absolute atomic E-state index is 10.1. The molecule has 0 fully saturated rings. The molecule has 0 bridgehead atoms. The first-order chi connectivity index (χ1) is 5.78. The summed E-state index contributed by atoms with van der Waals surface area (Å²) < 4.78 is 0. The van der Waals surface area contributed by atoms with E-state index >= 15 is 0 Å². The highest BCUT2D eigenvalue weighted by atomic mass is 16.4. The number of aliphatic hydroxyl groups is 1. The maximum atomic E-state index is 10.1. The molecule has 0 aromatic carbocycles. The van der Waals surface area contributed by atoms with Crippen LogP contribution in [0.1, 0.15) is 27.7 Å². The summed E-state index contributed by atoms with van der Waals surface area (Å²) in [6.45, 7) is 0. The average molecular weight is 239 g/mol. The molecule has 0 aromatic rings. The lowest BCUT2D eigenvalue weighted by Gasteiger charge is -2.29.